The number of carbonyl (C=O) groups excluding carboxylic acids is 2. The van der Waals surface area contributed by atoms with Crippen LogP contribution in [0, 0.1) is 11.8 Å². The van der Waals surface area contributed by atoms with Crippen LogP contribution in [-0.2, 0) is 9.59 Å². The molecule has 0 aromatic rings. The van der Waals surface area contributed by atoms with Crippen LogP contribution in [-0.4, -0.2) is 23.9 Å². The van der Waals surface area contributed by atoms with Crippen LogP contribution < -0.4 is 10.6 Å². The molecule has 0 aromatic heterocycles. The molecule has 4 nitrogen and oxygen atoms in total. The van der Waals surface area contributed by atoms with E-state index < -0.39 is 0 Å². The van der Waals surface area contributed by atoms with E-state index in [9.17, 15) is 9.59 Å². The quantitative estimate of drug-likeness (QED) is 0.839. The minimum atomic E-state index is 0.135. The van der Waals surface area contributed by atoms with Gasteiger partial charge in [0.25, 0.3) is 0 Å². The van der Waals surface area contributed by atoms with Crippen LogP contribution in [0.4, 0.5) is 0 Å². The molecule has 0 saturated heterocycles. The van der Waals surface area contributed by atoms with E-state index in [2.05, 4.69) is 10.6 Å². The zero-order chi connectivity index (χ0) is 15.4. The monoisotopic (exact) mass is 306 g/mol. The average Bonchev–Trinajstić information content (AvgIpc) is 3.21. The summed E-state index contributed by atoms with van der Waals surface area (Å²) >= 11 is 0. The minimum absolute atomic E-state index is 0.135. The van der Waals surface area contributed by atoms with E-state index in [1.54, 1.807) is 0 Å². The second-order valence-corrected chi connectivity index (χ2v) is 7.53. The Morgan fingerprint density at radius 1 is 0.545 bits per heavy atom. The molecular weight excluding hydrogens is 276 g/mol. The van der Waals surface area contributed by atoms with Gasteiger partial charge in [-0.05, 0) is 51.4 Å². The van der Waals surface area contributed by atoms with Crippen LogP contribution in [0.25, 0.3) is 0 Å². The maximum Gasteiger partial charge on any atom is 0.223 e. The van der Waals surface area contributed by atoms with Crippen molar-refractivity contribution in [2.45, 2.75) is 89.1 Å². The van der Waals surface area contributed by atoms with Crippen LogP contribution in [0.1, 0.15) is 77.0 Å². The molecule has 0 radical (unpaired) electrons. The third kappa shape index (κ3) is 4.02. The molecule has 0 aromatic carbocycles. The first-order valence-corrected chi connectivity index (χ1v) is 9.33. The number of nitrogens with one attached hydrogen (secondary N) is 2. The molecule has 22 heavy (non-hydrogen) atoms. The Labute approximate surface area is 133 Å². The van der Waals surface area contributed by atoms with Gasteiger partial charge in [0.1, 0.15) is 0 Å². The molecule has 0 bridgehead atoms. The topological polar surface area (TPSA) is 58.2 Å². The summed E-state index contributed by atoms with van der Waals surface area (Å²) in [5.41, 5.74) is 0. The number of carbonyl (C=O) groups is 2. The molecule has 0 spiro atoms. The number of hydrogen-bond donors (Lipinski definition) is 2. The van der Waals surface area contributed by atoms with E-state index in [4.69, 9.17) is 0 Å². The van der Waals surface area contributed by atoms with Gasteiger partial charge in [0, 0.05) is 23.9 Å². The SMILES string of the molecule is O=C(NC1CCCC1)C1CCC(C(=O)NC2CCCC2)CC1. The highest BCUT2D eigenvalue weighted by Crippen LogP contribution is 2.30. The van der Waals surface area contributed by atoms with Gasteiger partial charge in [-0.3, -0.25) is 9.59 Å². The van der Waals surface area contributed by atoms with Crippen molar-refractivity contribution in [3.8, 4) is 0 Å². The third-order valence-electron chi connectivity index (χ3n) is 5.87. The fourth-order valence-corrected chi connectivity index (χ4v) is 4.40. The van der Waals surface area contributed by atoms with Crippen LogP contribution in [0.2, 0.25) is 0 Å². The van der Waals surface area contributed by atoms with E-state index in [1.165, 1.54) is 25.7 Å². The zero-order valence-electron chi connectivity index (χ0n) is 13.6. The first-order chi connectivity index (χ1) is 10.7. The lowest BCUT2D eigenvalue weighted by Gasteiger charge is -2.28. The largest absolute Gasteiger partial charge is 0.353 e. The van der Waals surface area contributed by atoms with Crippen molar-refractivity contribution in [3.05, 3.63) is 0 Å². The van der Waals surface area contributed by atoms with E-state index in [-0.39, 0.29) is 23.7 Å². The Kier molecular flexibility index (Phi) is 5.37. The van der Waals surface area contributed by atoms with Gasteiger partial charge in [0.2, 0.25) is 11.8 Å². The van der Waals surface area contributed by atoms with Crippen molar-refractivity contribution in [2.24, 2.45) is 11.8 Å². The lowest BCUT2D eigenvalue weighted by molar-refractivity contribution is -0.131. The van der Waals surface area contributed by atoms with Crippen LogP contribution in [0.3, 0.4) is 0 Å². The summed E-state index contributed by atoms with van der Waals surface area (Å²) in [6.45, 7) is 0. The highest BCUT2D eigenvalue weighted by atomic mass is 16.2. The van der Waals surface area contributed by atoms with Gasteiger partial charge in [0.05, 0.1) is 0 Å². The summed E-state index contributed by atoms with van der Waals surface area (Å²) in [6, 6.07) is 0.826. The zero-order valence-corrected chi connectivity index (χ0v) is 13.6. The highest BCUT2D eigenvalue weighted by Gasteiger charge is 2.32. The molecule has 3 aliphatic carbocycles. The molecule has 0 unspecified atom stereocenters. The maximum absolute atomic E-state index is 12.3. The van der Waals surface area contributed by atoms with Gasteiger partial charge >= 0.3 is 0 Å². The molecule has 3 aliphatic rings. The van der Waals surface area contributed by atoms with Gasteiger partial charge in [-0.1, -0.05) is 25.7 Å². The van der Waals surface area contributed by atoms with E-state index >= 15 is 0 Å². The van der Waals surface area contributed by atoms with Crippen molar-refractivity contribution in [1.29, 1.82) is 0 Å². The number of amides is 2. The molecule has 2 amide bonds. The molecule has 0 atom stereocenters. The summed E-state index contributed by atoms with van der Waals surface area (Å²) in [6.07, 6.45) is 13.1. The number of rotatable bonds is 4. The molecule has 3 fully saturated rings. The minimum Gasteiger partial charge on any atom is -0.353 e. The van der Waals surface area contributed by atoms with E-state index in [0.29, 0.717) is 12.1 Å². The average molecular weight is 306 g/mol. The van der Waals surface area contributed by atoms with Crippen molar-refractivity contribution in [3.63, 3.8) is 0 Å². The lowest BCUT2D eigenvalue weighted by Crippen LogP contribution is -2.42. The summed E-state index contributed by atoms with van der Waals surface area (Å²) in [7, 11) is 0. The Balaban J connectivity index is 1.39. The first kappa shape index (κ1) is 15.8. The van der Waals surface area contributed by atoms with Crippen LogP contribution >= 0.6 is 0 Å². The van der Waals surface area contributed by atoms with Gasteiger partial charge < -0.3 is 10.6 Å². The van der Waals surface area contributed by atoms with Crippen LogP contribution in [0.5, 0.6) is 0 Å². The number of hydrogen-bond acceptors (Lipinski definition) is 2. The fraction of sp³-hybridized carbons (Fsp3) is 0.889. The third-order valence-corrected chi connectivity index (χ3v) is 5.87. The smallest absolute Gasteiger partial charge is 0.223 e. The van der Waals surface area contributed by atoms with Crippen molar-refractivity contribution >= 4 is 11.8 Å². The Morgan fingerprint density at radius 3 is 1.18 bits per heavy atom. The van der Waals surface area contributed by atoms with Crippen LogP contribution in [0.15, 0.2) is 0 Å². The molecule has 3 saturated carbocycles. The Bertz CT molecular complexity index is 352. The standard InChI is InChI=1S/C18H30N2O2/c21-17(19-15-5-1-2-6-15)13-9-11-14(12-10-13)18(22)20-16-7-3-4-8-16/h13-16H,1-12H2,(H,19,21)(H,20,22). The van der Waals surface area contributed by atoms with Crippen molar-refractivity contribution in [1.82, 2.24) is 10.6 Å². The van der Waals surface area contributed by atoms with Gasteiger partial charge in [0.15, 0.2) is 0 Å². The first-order valence-electron chi connectivity index (χ1n) is 9.33. The predicted molar refractivity (Wildman–Crippen MR) is 86.2 cm³/mol. The summed E-state index contributed by atoms with van der Waals surface area (Å²) < 4.78 is 0. The molecule has 3 rings (SSSR count). The molecule has 124 valence electrons. The van der Waals surface area contributed by atoms with Crippen molar-refractivity contribution < 1.29 is 9.59 Å². The Hall–Kier alpha value is -1.06. The van der Waals surface area contributed by atoms with E-state index in [0.717, 1.165) is 51.4 Å². The van der Waals surface area contributed by atoms with Gasteiger partial charge in [-0.15, -0.1) is 0 Å². The molecule has 0 heterocycles. The van der Waals surface area contributed by atoms with Crippen molar-refractivity contribution in [2.75, 3.05) is 0 Å². The van der Waals surface area contributed by atoms with Gasteiger partial charge in [-0.2, -0.15) is 0 Å². The fourth-order valence-electron chi connectivity index (χ4n) is 4.40. The summed E-state index contributed by atoms with van der Waals surface area (Å²) in [4.78, 5) is 24.6. The molecular formula is C18H30N2O2. The lowest BCUT2D eigenvalue weighted by atomic mass is 9.81. The van der Waals surface area contributed by atoms with E-state index in [1.807, 2.05) is 0 Å². The van der Waals surface area contributed by atoms with Gasteiger partial charge in [-0.25, -0.2) is 0 Å². The second kappa shape index (κ2) is 7.47. The normalized spacial score (nSPS) is 30.4. The Morgan fingerprint density at radius 2 is 0.864 bits per heavy atom. The molecule has 2 N–H and O–H groups in total. The highest BCUT2D eigenvalue weighted by molar-refractivity contribution is 5.81. The molecule has 0 aliphatic heterocycles. The second-order valence-electron chi connectivity index (χ2n) is 7.53. The predicted octanol–water partition coefficient (Wildman–Crippen LogP) is 2.91. The summed E-state index contributed by atoms with van der Waals surface area (Å²) in [5.74, 6) is 0.746. The molecule has 4 heteroatoms. The maximum atomic E-state index is 12.3. The summed E-state index contributed by atoms with van der Waals surface area (Å²) in [5, 5.41) is 6.42.